The minimum Gasteiger partial charge on any atom is -0.388 e. The Kier molecular flexibility index (Phi) is 4.52. The topological polar surface area (TPSA) is 90.8 Å². The summed E-state index contributed by atoms with van der Waals surface area (Å²) >= 11 is 5.91. The van der Waals surface area contributed by atoms with Crippen LogP contribution in [0.25, 0.3) is 16.6 Å². The Morgan fingerprint density at radius 1 is 1.48 bits per heavy atom. The molecule has 23 heavy (non-hydrogen) atoms. The molecule has 2 aromatic heterocycles. The summed E-state index contributed by atoms with van der Waals surface area (Å²) in [5, 5.41) is 14.0. The van der Waals surface area contributed by atoms with Gasteiger partial charge >= 0.3 is 0 Å². The van der Waals surface area contributed by atoms with E-state index in [-0.39, 0.29) is 11.9 Å². The number of halogens is 1. The third-order valence-corrected chi connectivity index (χ3v) is 3.91. The predicted octanol–water partition coefficient (Wildman–Crippen LogP) is 2.14. The van der Waals surface area contributed by atoms with E-state index >= 15 is 0 Å². The van der Waals surface area contributed by atoms with E-state index in [1.807, 2.05) is 12.1 Å². The number of amides is 1. The molecule has 1 aliphatic rings. The van der Waals surface area contributed by atoms with Crippen LogP contribution in [0.3, 0.4) is 0 Å². The molecule has 2 aromatic rings. The first-order valence-electron chi connectivity index (χ1n) is 7.32. The smallest absolute Gasteiger partial charge is 0.220 e. The number of rotatable bonds is 5. The van der Waals surface area contributed by atoms with Crippen LogP contribution in [0.5, 0.6) is 0 Å². The Hall–Kier alpha value is -2.47. The summed E-state index contributed by atoms with van der Waals surface area (Å²) in [7, 11) is 0. The van der Waals surface area contributed by atoms with Crippen molar-refractivity contribution in [3.05, 3.63) is 41.3 Å². The minimum atomic E-state index is 0.0924. The molecular formula is C16H16ClN5O. The van der Waals surface area contributed by atoms with Gasteiger partial charge in [0.2, 0.25) is 5.91 Å². The highest BCUT2D eigenvalue weighted by Crippen LogP contribution is 2.18. The van der Waals surface area contributed by atoms with Gasteiger partial charge in [-0.25, -0.2) is 4.98 Å². The highest BCUT2D eigenvalue weighted by Gasteiger charge is 2.19. The number of hydrogen-bond donors (Lipinski definition) is 3. The van der Waals surface area contributed by atoms with Crippen molar-refractivity contribution >= 4 is 40.3 Å². The number of nitrogens with one attached hydrogen (secondary N) is 3. The highest BCUT2D eigenvalue weighted by molar-refractivity contribution is 6.29. The molecule has 1 amide bonds. The van der Waals surface area contributed by atoms with Gasteiger partial charge in [-0.1, -0.05) is 11.6 Å². The van der Waals surface area contributed by atoms with E-state index in [9.17, 15) is 4.79 Å². The summed E-state index contributed by atoms with van der Waals surface area (Å²) in [6.07, 6.45) is 6.13. The first kappa shape index (κ1) is 15.4. The molecule has 3 N–H and O–H groups in total. The maximum Gasteiger partial charge on any atom is 0.220 e. The fourth-order valence-corrected chi connectivity index (χ4v) is 2.64. The largest absolute Gasteiger partial charge is 0.388 e. The van der Waals surface area contributed by atoms with Gasteiger partial charge in [-0.15, -0.1) is 0 Å². The minimum absolute atomic E-state index is 0.0924. The third kappa shape index (κ3) is 3.65. The van der Waals surface area contributed by atoms with Gasteiger partial charge in [0.15, 0.2) is 0 Å². The van der Waals surface area contributed by atoms with E-state index in [1.165, 1.54) is 6.21 Å². The van der Waals surface area contributed by atoms with Crippen molar-refractivity contribution in [3.63, 3.8) is 0 Å². The van der Waals surface area contributed by atoms with Crippen LogP contribution in [0.2, 0.25) is 5.15 Å². The zero-order valence-electron chi connectivity index (χ0n) is 12.3. The molecule has 0 aromatic carbocycles. The quantitative estimate of drug-likeness (QED) is 0.579. The summed E-state index contributed by atoms with van der Waals surface area (Å²) < 4.78 is 0. The van der Waals surface area contributed by atoms with Crippen LogP contribution in [0.1, 0.15) is 18.4 Å². The second-order valence-corrected chi connectivity index (χ2v) is 5.74. The van der Waals surface area contributed by atoms with E-state index in [0.29, 0.717) is 29.2 Å². The average Bonchev–Trinajstić information content (AvgIpc) is 2.96. The van der Waals surface area contributed by atoms with Gasteiger partial charge in [-0.05, 0) is 24.6 Å². The van der Waals surface area contributed by atoms with E-state index < -0.39 is 0 Å². The summed E-state index contributed by atoms with van der Waals surface area (Å²) in [6, 6.07) is 5.50. The molecule has 0 saturated carbocycles. The maximum atomic E-state index is 11.2. The molecule has 1 atom stereocenters. The Bertz CT molecular complexity index is 789. The molecule has 3 heterocycles. The van der Waals surface area contributed by atoms with E-state index in [0.717, 1.165) is 17.5 Å². The van der Waals surface area contributed by atoms with Crippen LogP contribution < -0.4 is 10.6 Å². The van der Waals surface area contributed by atoms with E-state index in [4.69, 9.17) is 17.0 Å². The first-order chi connectivity index (χ1) is 11.2. The Labute approximate surface area is 138 Å². The number of allylic oxidation sites excluding steroid dienone is 1. The lowest BCUT2D eigenvalue weighted by molar-refractivity contribution is -0.119. The summed E-state index contributed by atoms with van der Waals surface area (Å²) in [4.78, 5) is 19.7. The van der Waals surface area contributed by atoms with Gasteiger partial charge in [0, 0.05) is 48.8 Å². The number of carbonyl (C=O) groups excluding carboxylic acids is 1. The van der Waals surface area contributed by atoms with E-state index in [1.54, 1.807) is 18.5 Å². The molecule has 1 aliphatic heterocycles. The highest BCUT2D eigenvalue weighted by atomic mass is 35.5. The Morgan fingerprint density at radius 3 is 3.09 bits per heavy atom. The van der Waals surface area contributed by atoms with Crippen LogP contribution in [-0.2, 0) is 4.79 Å². The van der Waals surface area contributed by atoms with Crippen molar-refractivity contribution in [3.8, 4) is 0 Å². The fourth-order valence-electron chi connectivity index (χ4n) is 2.49. The molecule has 6 nitrogen and oxygen atoms in total. The van der Waals surface area contributed by atoms with Crippen molar-refractivity contribution in [2.45, 2.75) is 18.9 Å². The Morgan fingerprint density at radius 2 is 2.35 bits per heavy atom. The molecule has 0 aliphatic carbocycles. The van der Waals surface area contributed by atoms with Gasteiger partial charge in [0.05, 0.1) is 11.0 Å². The number of carbonyl (C=O) groups is 1. The molecule has 118 valence electrons. The van der Waals surface area contributed by atoms with Crippen molar-refractivity contribution < 1.29 is 4.79 Å². The van der Waals surface area contributed by atoms with Crippen molar-refractivity contribution in [2.75, 3.05) is 6.54 Å². The summed E-state index contributed by atoms with van der Waals surface area (Å²) in [6.45, 7) is 0.633. The van der Waals surface area contributed by atoms with Crippen LogP contribution in [0, 0.1) is 5.41 Å². The van der Waals surface area contributed by atoms with Gasteiger partial charge in [0.25, 0.3) is 0 Å². The lowest BCUT2D eigenvalue weighted by atomic mass is 10.1. The molecular weight excluding hydrogens is 314 g/mol. The molecule has 1 fully saturated rings. The standard InChI is InChI=1S/C16H16ClN5O/c17-15-3-2-13-14(22-15)5-10(8-20-13)11(6-18)7-19-9-12-1-4-16(23)21-12/h2-3,5-8,12,18-19H,1,4,9H2,(H,21,23)/b11-7+,18-6?. The van der Waals surface area contributed by atoms with Gasteiger partial charge in [-0.2, -0.15) is 0 Å². The number of aromatic nitrogens is 2. The average molecular weight is 330 g/mol. The first-order valence-corrected chi connectivity index (χ1v) is 7.69. The van der Waals surface area contributed by atoms with Crippen molar-refractivity contribution in [2.24, 2.45) is 0 Å². The lowest BCUT2D eigenvalue weighted by Gasteiger charge is -2.10. The van der Waals surface area contributed by atoms with E-state index in [2.05, 4.69) is 20.6 Å². The Balaban J connectivity index is 1.75. The molecule has 1 unspecified atom stereocenters. The molecule has 0 radical (unpaired) electrons. The number of nitrogens with zero attached hydrogens (tertiary/aromatic N) is 2. The maximum absolute atomic E-state index is 11.2. The van der Waals surface area contributed by atoms with Crippen LogP contribution >= 0.6 is 11.6 Å². The third-order valence-electron chi connectivity index (χ3n) is 3.70. The second-order valence-electron chi connectivity index (χ2n) is 5.35. The molecule has 0 bridgehead atoms. The molecule has 1 saturated heterocycles. The SMILES string of the molecule is N=C/C(=C\NCC1CCC(=O)N1)c1cnc2ccc(Cl)nc2c1. The molecule has 7 heteroatoms. The number of pyridine rings is 2. The second kappa shape index (κ2) is 6.75. The predicted molar refractivity (Wildman–Crippen MR) is 90.5 cm³/mol. The molecule has 0 spiro atoms. The van der Waals surface area contributed by atoms with Gasteiger partial charge < -0.3 is 16.0 Å². The monoisotopic (exact) mass is 329 g/mol. The summed E-state index contributed by atoms with van der Waals surface area (Å²) in [5.41, 5.74) is 2.91. The van der Waals surface area contributed by atoms with Gasteiger partial charge in [-0.3, -0.25) is 9.78 Å². The van der Waals surface area contributed by atoms with Crippen LogP contribution in [-0.4, -0.2) is 34.7 Å². The lowest BCUT2D eigenvalue weighted by Crippen LogP contribution is -2.33. The fraction of sp³-hybridized carbons (Fsp3) is 0.250. The summed E-state index contributed by atoms with van der Waals surface area (Å²) in [5.74, 6) is 0.0924. The number of hydrogen-bond acceptors (Lipinski definition) is 5. The van der Waals surface area contributed by atoms with Gasteiger partial charge in [0.1, 0.15) is 5.15 Å². The van der Waals surface area contributed by atoms with Crippen LogP contribution in [0.15, 0.2) is 30.6 Å². The number of fused-ring (bicyclic) bond motifs is 1. The van der Waals surface area contributed by atoms with Crippen molar-refractivity contribution in [1.82, 2.24) is 20.6 Å². The van der Waals surface area contributed by atoms with Crippen molar-refractivity contribution in [1.29, 1.82) is 5.41 Å². The zero-order chi connectivity index (χ0) is 16.2. The van der Waals surface area contributed by atoms with Crippen LogP contribution in [0.4, 0.5) is 0 Å². The normalized spacial score (nSPS) is 18.0. The molecule has 3 rings (SSSR count). The zero-order valence-corrected chi connectivity index (χ0v) is 13.1.